The van der Waals surface area contributed by atoms with Crippen molar-refractivity contribution in [2.75, 3.05) is 0 Å². The molecule has 1 rings (SSSR count). The lowest BCUT2D eigenvalue weighted by Crippen LogP contribution is -2.90. The minimum atomic E-state index is -2.23. The second-order valence-corrected chi connectivity index (χ2v) is 6.75. The van der Waals surface area contributed by atoms with Gasteiger partial charge in [0.1, 0.15) is 0 Å². The van der Waals surface area contributed by atoms with Crippen LogP contribution in [0.25, 0.3) is 0 Å². The van der Waals surface area contributed by atoms with Gasteiger partial charge < -0.3 is 9.64 Å². The molecule has 0 unspecified atom stereocenters. The predicted octanol–water partition coefficient (Wildman–Crippen LogP) is -3.68. The van der Waals surface area contributed by atoms with E-state index in [-0.39, 0.29) is 0 Å². The van der Waals surface area contributed by atoms with Crippen molar-refractivity contribution < 1.29 is 4.74 Å². The molecule has 0 atom stereocenters. The first-order chi connectivity index (χ1) is 8.82. The van der Waals surface area contributed by atoms with E-state index in [1.165, 1.54) is 0 Å². The molecule has 0 spiro atoms. The number of morpholine rings is 1. The second kappa shape index (κ2) is 4.79. The third-order valence-corrected chi connectivity index (χ3v) is 3.90. The van der Waals surface area contributed by atoms with Crippen LogP contribution in [-0.2, 0) is 4.74 Å². The Bertz CT molecular complexity index is 390. The van der Waals surface area contributed by atoms with E-state index in [0.717, 1.165) is 4.90 Å². The van der Waals surface area contributed by atoms with Gasteiger partial charge in [0.2, 0.25) is 0 Å². The molecule has 1 saturated heterocycles. The van der Waals surface area contributed by atoms with Crippen LogP contribution < -0.4 is 0 Å². The summed E-state index contributed by atoms with van der Waals surface area (Å²) in [5.74, 6) is 0. The van der Waals surface area contributed by atoms with E-state index in [4.69, 9.17) is 83.2 Å². The number of hydrogen-bond acceptors (Lipinski definition) is 2. The van der Waals surface area contributed by atoms with E-state index < -0.39 is 32.2 Å². The van der Waals surface area contributed by atoms with Crippen LogP contribution in [0.5, 0.6) is 0 Å². The molecule has 0 aromatic rings. The zero-order valence-electron chi connectivity index (χ0n) is 12.6. The van der Waals surface area contributed by atoms with E-state index in [2.05, 4.69) is 0 Å². The summed E-state index contributed by atoms with van der Waals surface area (Å²) in [5, 5.41) is -10.6. The molecule has 0 amide bonds. The highest BCUT2D eigenvalue weighted by molar-refractivity contribution is 6.60. The van der Waals surface area contributed by atoms with Crippen molar-refractivity contribution in [1.82, 2.24) is 4.90 Å². The molecule has 12 heteroatoms. The summed E-state index contributed by atoms with van der Waals surface area (Å²) in [4.78, 5) is 0.885. The first-order valence-corrected chi connectivity index (χ1v) is 6.22. The maximum atomic E-state index is 6.17. The molecule has 0 bridgehead atoms. The van der Waals surface area contributed by atoms with Gasteiger partial charge in [0, 0.05) is 0 Å². The maximum Gasteiger partial charge on any atom is 0.0996 e. The quantitative estimate of drug-likeness (QED) is 0.448. The summed E-state index contributed by atoms with van der Waals surface area (Å²) < 4.78 is 5.09. The monoisotopic (exact) mass is 257 g/mol. The SMILES string of the molecule is [B]C1([B])OC([B])([B])C([B])([B])N(C([B])([B])C(C)(C)C)C1([B])[B]. The molecule has 1 aliphatic rings. The zero-order valence-corrected chi connectivity index (χ0v) is 12.6. The van der Waals surface area contributed by atoms with Crippen molar-refractivity contribution in [3.63, 3.8) is 0 Å². The zero-order chi connectivity index (χ0) is 17.3. The summed E-state index contributed by atoms with van der Waals surface area (Å²) >= 11 is 0. The van der Waals surface area contributed by atoms with Crippen LogP contribution in [0.1, 0.15) is 20.8 Å². The fourth-order valence-corrected chi connectivity index (χ4v) is 2.05. The van der Waals surface area contributed by atoms with E-state index in [0.29, 0.717) is 0 Å². The molecule has 0 aliphatic carbocycles. The summed E-state index contributed by atoms with van der Waals surface area (Å²) in [6.07, 6.45) is 0. The lowest BCUT2D eigenvalue weighted by atomic mass is 9.27. The van der Waals surface area contributed by atoms with Crippen LogP contribution >= 0.6 is 0 Å². The average molecular weight is 255 g/mol. The highest BCUT2D eigenvalue weighted by Gasteiger charge is 2.61. The number of ether oxygens (including phenoxy) is 1. The number of rotatable bonds is 1. The molecular weight excluding hydrogens is 246 g/mol. The van der Waals surface area contributed by atoms with Crippen molar-refractivity contribution >= 4 is 78.5 Å². The first-order valence-electron chi connectivity index (χ1n) is 6.22. The fourth-order valence-electron chi connectivity index (χ4n) is 2.05. The van der Waals surface area contributed by atoms with Crippen LogP contribution in [0.3, 0.4) is 0 Å². The van der Waals surface area contributed by atoms with Crippen LogP contribution in [0, 0.1) is 5.41 Å². The highest BCUT2D eigenvalue weighted by Crippen LogP contribution is 2.46. The third kappa shape index (κ3) is 2.67. The molecule has 20 radical (unpaired) electrons. The Labute approximate surface area is 141 Å². The Morgan fingerprint density at radius 2 is 1.00 bits per heavy atom. The highest BCUT2D eigenvalue weighted by atomic mass is 16.5. The predicted molar refractivity (Wildman–Crippen MR) is 93.6 cm³/mol. The van der Waals surface area contributed by atoms with E-state index in [1.54, 1.807) is 20.8 Å². The van der Waals surface area contributed by atoms with Crippen molar-refractivity contribution in [3.8, 4) is 0 Å². The molecule has 1 heterocycles. The van der Waals surface area contributed by atoms with Gasteiger partial charge in [0.25, 0.3) is 0 Å². The molecule has 86 valence electrons. The van der Waals surface area contributed by atoms with E-state index in [9.17, 15) is 0 Å². The first kappa shape index (κ1) is 19.6. The summed E-state index contributed by atoms with van der Waals surface area (Å²) in [6.45, 7) is 5.12. The third-order valence-electron chi connectivity index (χ3n) is 3.90. The maximum absolute atomic E-state index is 6.17. The fraction of sp³-hybridized carbons (Fsp3) is 1.00. The van der Waals surface area contributed by atoms with E-state index >= 15 is 0 Å². The lowest BCUT2D eigenvalue weighted by molar-refractivity contribution is -0.134. The molecule has 0 aromatic heterocycles. The summed E-state index contributed by atoms with van der Waals surface area (Å²) in [6, 6.07) is 0. The van der Waals surface area contributed by atoms with Gasteiger partial charge in [0.05, 0.1) is 78.5 Å². The van der Waals surface area contributed by atoms with Gasteiger partial charge in [-0.3, -0.25) is 0 Å². The van der Waals surface area contributed by atoms with Gasteiger partial charge >= 0.3 is 0 Å². The van der Waals surface area contributed by atoms with Crippen molar-refractivity contribution in [2.45, 2.75) is 47.6 Å². The second-order valence-electron chi connectivity index (χ2n) is 6.75. The Morgan fingerprint density at radius 1 is 0.714 bits per heavy atom. The largest absolute Gasteiger partial charge is 0.406 e. The molecule has 0 N–H and O–H groups in total. The van der Waals surface area contributed by atoms with Crippen LogP contribution in [0.4, 0.5) is 0 Å². The Morgan fingerprint density at radius 3 is 1.24 bits per heavy atom. The molecule has 1 aliphatic heterocycles. The van der Waals surface area contributed by atoms with Crippen molar-refractivity contribution in [1.29, 1.82) is 0 Å². The van der Waals surface area contributed by atoms with Crippen LogP contribution in [0.2, 0.25) is 0 Å². The Kier molecular flexibility index (Phi) is 4.47. The standard InChI is InChI=1S/C9H9B10NO/c1-4(2,3)5(10,11)20-6(12,13)8(16,17)21-9(18,19)7(20,14)15/h1-3H3. The molecule has 0 saturated carbocycles. The molecular formula is C9H9B10NO. The van der Waals surface area contributed by atoms with Crippen LogP contribution in [-0.4, -0.2) is 110 Å². The molecule has 21 heavy (non-hydrogen) atoms. The van der Waals surface area contributed by atoms with Gasteiger partial charge in [-0.1, -0.05) is 26.1 Å². The molecule has 1 fully saturated rings. The van der Waals surface area contributed by atoms with Crippen molar-refractivity contribution in [3.05, 3.63) is 0 Å². The molecule has 0 aromatic carbocycles. The van der Waals surface area contributed by atoms with Crippen molar-refractivity contribution in [2.24, 2.45) is 5.41 Å². The van der Waals surface area contributed by atoms with Gasteiger partial charge in [-0.25, -0.2) is 0 Å². The van der Waals surface area contributed by atoms with E-state index in [1.807, 2.05) is 0 Å². The topological polar surface area (TPSA) is 12.5 Å². The Hall–Kier alpha value is 0.569. The number of hydrogen-bond donors (Lipinski definition) is 0. The number of nitrogens with zero attached hydrogens (tertiary/aromatic N) is 1. The summed E-state index contributed by atoms with van der Waals surface area (Å²) in [7, 11) is 59.3. The van der Waals surface area contributed by atoms with Gasteiger partial charge in [-0.2, -0.15) is 0 Å². The van der Waals surface area contributed by atoms with Gasteiger partial charge in [-0.05, 0) is 26.9 Å². The minimum Gasteiger partial charge on any atom is -0.406 e. The Balaban J connectivity index is 3.63. The smallest absolute Gasteiger partial charge is 0.0996 e. The minimum absolute atomic E-state index is 0.815. The van der Waals surface area contributed by atoms with Crippen LogP contribution in [0.15, 0.2) is 0 Å². The normalized spacial score (nSPS) is 28.0. The average Bonchev–Trinajstić information content (AvgIpc) is 2.09. The van der Waals surface area contributed by atoms with Gasteiger partial charge in [0.15, 0.2) is 0 Å². The lowest BCUT2D eigenvalue weighted by Gasteiger charge is -2.76. The van der Waals surface area contributed by atoms with Gasteiger partial charge in [-0.15, -0.1) is 0 Å². The molecule has 2 nitrogen and oxygen atoms in total. The summed E-state index contributed by atoms with van der Waals surface area (Å²) in [5.41, 5.74) is -0.815.